The lowest BCUT2D eigenvalue weighted by Crippen LogP contribution is -2.22. The van der Waals surface area contributed by atoms with Crippen LogP contribution < -0.4 is 4.90 Å². The minimum atomic E-state index is -4.67. The Bertz CT molecular complexity index is 383. The van der Waals surface area contributed by atoms with Gasteiger partial charge in [-0.1, -0.05) is 0 Å². The van der Waals surface area contributed by atoms with Crippen LogP contribution >= 0.6 is 0 Å². The van der Waals surface area contributed by atoms with Crippen molar-refractivity contribution in [2.75, 3.05) is 18.0 Å². The van der Waals surface area contributed by atoms with Gasteiger partial charge >= 0.3 is 6.18 Å². The van der Waals surface area contributed by atoms with Crippen molar-refractivity contribution < 1.29 is 17.6 Å². The zero-order chi connectivity index (χ0) is 11.8. The molecular formula is C10H10F4N2. The number of pyridine rings is 1. The maximum Gasteiger partial charge on any atom is 0.419 e. The van der Waals surface area contributed by atoms with Crippen molar-refractivity contribution in [2.24, 2.45) is 0 Å². The second-order valence-corrected chi connectivity index (χ2v) is 3.69. The highest BCUT2D eigenvalue weighted by Crippen LogP contribution is 2.34. The molecule has 6 heteroatoms. The summed E-state index contributed by atoms with van der Waals surface area (Å²) in [6.45, 7) is 1.12. The summed E-state index contributed by atoms with van der Waals surface area (Å²) in [5.41, 5.74) is -1.25. The fraction of sp³-hybridized carbons (Fsp3) is 0.500. The second kappa shape index (κ2) is 3.92. The summed E-state index contributed by atoms with van der Waals surface area (Å²) in [5.74, 6) is -1.45. The average molecular weight is 234 g/mol. The fourth-order valence-corrected chi connectivity index (χ4v) is 1.80. The molecule has 1 aliphatic heterocycles. The summed E-state index contributed by atoms with van der Waals surface area (Å²) in [6, 6.07) is 0.662. The molecule has 0 radical (unpaired) electrons. The first-order valence-electron chi connectivity index (χ1n) is 4.97. The van der Waals surface area contributed by atoms with Crippen LogP contribution in [0.25, 0.3) is 0 Å². The molecule has 1 aliphatic rings. The SMILES string of the molecule is Fc1c(C(F)(F)F)ccnc1N1CCCC1. The van der Waals surface area contributed by atoms with E-state index in [0.29, 0.717) is 19.2 Å². The number of aromatic nitrogens is 1. The van der Waals surface area contributed by atoms with Gasteiger partial charge in [0.2, 0.25) is 0 Å². The van der Waals surface area contributed by atoms with Crippen LogP contribution in [0.4, 0.5) is 23.4 Å². The van der Waals surface area contributed by atoms with E-state index < -0.39 is 17.6 Å². The largest absolute Gasteiger partial charge is 0.419 e. The highest BCUT2D eigenvalue weighted by Gasteiger charge is 2.36. The molecule has 0 unspecified atom stereocenters. The number of hydrogen-bond donors (Lipinski definition) is 0. The van der Waals surface area contributed by atoms with E-state index in [1.165, 1.54) is 0 Å². The van der Waals surface area contributed by atoms with Gasteiger partial charge in [-0.05, 0) is 18.9 Å². The molecule has 0 N–H and O–H groups in total. The molecule has 2 heterocycles. The molecule has 2 nitrogen and oxygen atoms in total. The zero-order valence-electron chi connectivity index (χ0n) is 8.39. The molecular weight excluding hydrogens is 224 g/mol. The highest BCUT2D eigenvalue weighted by molar-refractivity contribution is 5.44. The molecule has 88 valence electrons. The van der Waals surface area contributed by atoms with Gasteiger partial charge in [0.05, 0.1) is 5.56 Å². The van der Waals surface area contributed by atoms with Crippen molar-refractivity contribution in [1.82, 2.24) is 4.98 Å². The molecule has 0 aromatic carbocycles. The van der Waals surface area contributed by atoms with Crippen LogP contribution in [-0.2, 0) is 6.18 Å². The van der Waals surface area contributed by atoms with Gasteiger partial charge in [-0.25, -0.2) is 9.37 Å². The van der Waals surface area contributed by atoms with Crippen LogP contribution in [0.1, 0.15) is 18.4 Å². The van der Waals surface area contributed by atoms with Gasteiger partial charge in [-0.3, -0.25) is 0 Å². The number of nitrogens with zero attached hydrogens (tertiary/aromatic N) is 2. The van der Waals surface area contributed by atoms with E-state index in [1.807, 2.05) is 0 Å². The van der Waals surface area contributed by atoms with Crippen molar-refractivity contribution in [1.29, 1.82) is 0 Å². The predicted octanol–water partition coefficient (Wildman–Crippen LogP) is 2.84. The molecule has 0 saturated carbocycles. The van der Waals surface area contributed by atoms with Crippen molar-refractivity contribution in [3.63, 3.8) is 0 Å². The molecule has 0 bridgehead atoms. The quantitative estimate of drug-likeness (QED) is 0.694. The van der Waals surface area contributed by atoms with Gasteiger partial charge in [0.15, 0.2) is 11.6 Å². The van der Waals surface area contributed by atoms with Crippen molar-refractivity contribution in [3.8, 4) is 0 Å². The van der Waals surface area contributed by atoms with E-state index in [1.54, 1.807) is 4.90 Å². The molecule has 1 aromatic heterocycles. The average Bonchev–Trinajstić information content (AvgIpc) is 2.69. The Hall–Kier alpha value is -1.33. The zero-order valence-corrected chi connectivity index (χ0v) is 8.39. The fourth-order valence-electron chi connectivity index (χ4n) is 1.80. The van der Waals surface area contributed by atoms with Gasteiger partial charge < -0.3 is 4.90 Å². The number of rotatable bonds is 1. The third-order valence-electron chi connectivity index (χ3n) is 2.58. The Morgan fingerprint density at radius 1 is 1.19 bits per heavy atom. The normalized spacial score (nSPS) is 16.9. The molecule has 0 spiro atoms. The van der Waals surface area contributed by atoms with Gasteiger partial charge in [0, 0.05) is 19.3 Å². The summed E-state index contributed by atoms with van der Waals surface area (Å²) in [7, 11) is 0. The number of anilines is 1. The van der Waals surface area contributed by atoms with Crippen LogP contribution in [0.15, 0.2) is 12.3 Å². The maximum atomic E-state index is 13.6. The van der Waals surface area contributed by atoms with Gasteiger partial charge in [-0.15, -0.1) is 0 Å². The first kappa shape index (κ1) is 11.2. The third-order valence-corrected chi connectivity index (χ3v) is 2.58. The van der Waals surface area contributed by atoms with Crippen LogP contribution in [-0.4, -0.2) is 18.1 Å². The van der Waals surface area contributed by atoms with Crippen LogP contribution in [0, 0.1) is 5.82 Å². The topological polar surface area (TPSA) is 16.1 Å². The highest BCUT2D eigenvalue weighted by atomic mass is 19.4. The second-order valence-electron chi connectivity index (χ2n) is 3.69. The Morgan fingerprint density at radius 2 is 1.81 bits per heavy atom. The number of alkyl halides is 3. The van der Waals surface area contributed by atoms with Crippen molar-refractivity contribution >= 4 is 5.82 Å². The summed E-state index contributed by atoms with van der Waals surface area (Å²) < 4.78 is 50.9. The minimum Gasteiger partial charge on any atom is -0.354 e. The number of halogens is 4. The number of hydrogen-bond acceptors (Lipinski definition) is 2. The monoisotopic (exact) mass is 234 g/mol. The Balaban J connectivity index is 2.40. The molecule has 16 heavy (non-hydrogen) atoms. The molecule has 1 saturated heterocycles. The smallest absolute Gasteiger partial charge is 0.354 e. The minimum absolute atomic E-state index is 0.188. The lowest BCUT2D eigenvalue weighted by Gasteiger charge is -2.18. The van der Waals surface area contributed by atoms with Crippen LogP contribution in [0.5, 0.6) is 0 Å². The van der Waals surface area contributed by atoms with Gasteiger partial charge in [-0.2, -0.15) is 13.2 Å². The molecule has 0 atom stereocenters. The lowest BCUT2D eigenvalue weighted by atomic mass is 10.2. The molecule has 1 aromatic rings. The summed E-state index contributed by atoms with van der Waals surface area (Å²) >= 11 is 0. The van der Waals surface area contributed by atoms with E-state index in [0.717, 1.165) is 19.0 Å². The molecule has 2 rings (SSSR count). The summed E-state index contributed by atoms with van der Waals surface area (Å²) in [4.78, 5) is 5.23. The predicted molar refractivity (Wildman–Crippen MR) is 50.6 cm³/mol. The van der Waals surface area contributed by atoms with E-state index in [-0.39, 0.29) is 5.82 Å². The maximum absolute atomic E-state index is 13.6. The Labute approximate surface area is 89.9 Å². The molecule has 0 aliphatic carbocycles. The summed E-state index contributed by atoms with van der Waals surface area (Å²) in [6.07, 6.45) is -1.95. The molecule has 0 amide bonds. The van der Waals surface area contributed by atoms with Gasteiger partial charge in [0.1, 0.15) is 0 Å². The summed E-state index contributed by atoms with van der Waals surface area (Å²) in [5, 5.41) is 0. The Kier molecular flexibility index (Phi) is 2.73. The Morgan fingerprint density at radius 3 is 2.38 bits per heavy atom. The first-order valence-corrected chi connectivity index (χ1v) is 4.97. The standard InChI is InChI=1S/C10H10F4N2/c11-8-7(10(12,13)14)3-4-15-9(8)16-5-1-2-6-16/h3-4H,1-2,5-6H2. The van der Waals surface area contributed by atoms with Crippen molar-refractivity contribution in [3.05, 3.63) is 23.6 Å². The van der Waals surface area contributed by atoms with Crippen molar-refractivity contribution in [2.45, 2.75) is 19.0 Å². The lowest BCUT2D eigenvalue weighted by molar-refractivity contribution is -0.140. The van der Waals surface area contributed by atoms with Crippen LogP contribution in [0.2, 0.25) is 0 Å². The van der Waals surface area contributed by atoms with E-state index in [4.69, 9.17) is 0 Å². The van der Waals surface area contributed by atoms with Gasteiger partial charge in [0.25, 0.3) is 0 Å². The molecule has 1 fully saturated rings. The van der Waals surface area contributed by atoms with E-state index >= 15 is 0 Å². The first-order chi connectivity index (χ1) is 7.50. The van der Waals surface area contributed by atoms with E-state index in [9.17, 15) is 17.6 Å². The van der Waals surface area contributed by atoms with E-state index in [2.05, 4.69) is 4.98 Å². The third kappa shape index (κ3) is 1.96. The van der Waals surface area contributed by atoms with Crippen LogP contribution in [0.3, 0.4) is 0 Å².